The summed E-state index contributed by atoms with van der Waals surface area (Å²) in [6.45, 7) is 6.91. The lowest BCUT2D eigenvalue weighted by molar-refractivity contribution is 0.0748. The van der Waals surface area contributed by atoms with Gasteiger partial charge in [-0.3, -0.25) is 4.79 Å². The zero-order chi connectivity index (χ0) is 19.7. The molecule has 3 heterocycles. The van der Waals surface area contributed by atoms with Crippen molar-refractivity contribution in [2.45, 2.75) is 19.9 Å². The Balaban J connectivity index is 1.48. The molecule has 2 aromatic heterocycles. The molecular weight excluding hydrogens is 354 g/mol. The van der Waals surface area contributed by atoms with E-state index in [1.165, 1.54) is 0 Å². The van der Waals surface area contributed by atoms with E-state index in [2.05, 4.69) is 34.0 Å². The van der Waals surface area contributed by atoms with Crippen molar-refractivity contribution in [1.29, 1.82) is 0 Å². The lowest BCUT2D eigenvalue weighted by Crippen LogP contribution is -2.49. The topological polar surface area (TPSA) is 84.5 Å². The second kappa shape index (κ2) is 7.42. The highest BCUT2D eigenvalue weighted by atomic mass is 16.3. The van der Waals surface area contributed by atoms with Gasteiger partial charge < -0.3 is 25.2 Å². The number of nitrogens with one attached hydrogen (secondary N) is 2. The highest BCUT2D eigenvalue weighted by Crippen LogP contribution is 2.27. The van der Waals surface area contributed by atoms with Crippen molar-refractivity contribution in [3.05, 3.63) is 48.3 Å². The fraction of sp³-hybridized carbons (Fsp3) is 0.333. The number of hydrogen-bond donors (Lipinski definition) is 3. The Morgan fingerprint density at radius 3 is 2.75 bits per heavy atom. The van der Waals surface area contributed by atoms with E-state index in [9.17, 15) is 9.90 Å². The summed E-state index contributed by atoms with van der Waals surface area (Å²) >= 11 is 0. The predicted octanol–water partition coefficient (Wildman–Crippen LogP) is 3.05. The maximum atomic E-state index is 13.0. The molecule has 0 radical (unpaired) electrons. The third-order valence-corrected chi connectivity index (χ3v) is 4.99. The number of carbonyl (C=O) groups is 1. The molecule has 3 aromatic rings. The molecule has 4 rings (SSSR count). The first kappa shape index (κ1) is 18.2. The summed E-state index contributed by atoms with van der Waals surface area (Å²) in [5.41, 5.74) is 2.46. The highest BCUT2D eigenvalue weighted by Gasteiger charge is 2.25. The van der Waals surface area contributed by atoms with E-state index in [1.54, 1.807) is 30.6 Å². The number of hydrogen-bond acceptors (Lipinski definition) is 5. The van der Waals surface area contributed by atoms with Crippen LogP contribution in [0.4, 0.5) is 11.5 Å². The van der Waals surface area contributed by atoms with Crippen LogP contribution in [-0.4, -0.2) is 58.1 Å². The standard InChI is InChI=1S/C21H25N5O2/c1-14(2)24-19-4-3-7-22-20(19)25-8-10-26(11-9-25)21(28)17-13-23-18-6-5-15(27)12-16(17)18/h3-7,12-14,23-24,27H,8-11H2,1-2H3. The maximum absolute atomic E-state index is 13.0. The lowest BCUT2D eigenvalue weighted by atomic mass is 10.1. The number of phenolic OH excluding ortho intramolecular Hbond substituents is 1. The zero-order valence-electron chi connectivity index (χ0n) is 16.1. The zero-order valence-corrected chi connectivity index (χ0v) is 16.1. The molecule has 0 saturated carbocycles. The number of aromatic amines is 1. The molecule has 7 nitrogen and oxygen atoms in total. The van der Waals surface area contributed by atoms with Gasteiger partial charge in [0.1, 0.15) is 5.75 Å². The van der Waals surface area contributed by atoms with Gasteiger partial charge in [-0.25, -0.2) is 4.98 Å². The number of fused-ring (bicyclic) bond motifs is 1. The van der Waals surface area contributed by atoms with Crippen LogP contribution < -0.4 is 10.2 Å². The lowest BCUT2D eigenvalue weighted by Gasteiger charge is -2.36. The van der Waals surface area contributed by atoms with Gasteiger partial charge in [-0.05, 0) is 44.2 Å². The molecule has 0 bridgehead atoms. The van der Waals surface area contributed by atoms with Gasteiger partial charge in [0.2, 0.25) is 0 Å². The predicted molar refractivity (Wildman–Crippen MR) is 111 cm³/mol. The number of piperazine rings is 1. The average Bonchev–Trinajstić information content (AvgIpc) is 3.10. The number of H-pyrrole nitrogens is 1. The van der Waals surface area contributed by atoms with E-state index in [-0.39, 0.29) is 11.7 Å². The molecular formula is C21H25N5O2. The molecule has 1 saturated heterocycles. The van der Waals surface area contributed by atoms with Gasteiger partial charge in [-0.2, -0.15) is 0 Å². The summed E-state index contributed by atoms with van der Waals surface area (Å²) in [4.78, 5) is 24.8. The molecule has 1 aromatic carbocycles. The summed E-state index contributed by atoms with van der Waals surface area (Å²) in [5.74, 6) is 1.07. The fourth-order valence-electron chi connectivity index (χ4n) is 3.65. The molecule has 3 N–H and O–H groups in total. The highest BCUT2D eigenvalue weighted by molar-refractivity contribution is 6.07. The van der Waals surface area contributed by atoms with Crippen LogP contribution in [-0.2, 0) is 0 Å². The number of phenols is 1. The Bertz CT molecular complexity index is 989. The normalized spacial score (nSPS) is 14.7. The van der Waals surface area contributed by atoms with Crippen molar-refractivity contribution in [3.8, 4) is 5.75 Å². The van der Waals surface area contributed by atoms with Crippen molar-refractivity contribution >= 4 is 28.3 Å². The Hall–Kier alpha value is -3.22. The molecule has 1 aliphatic rings. The maximum Gasteiger partial charge on any atom is 0.256 e. The molecule has 0 spiro atoms. The third-order valence-electron chi connectivity index (χ3n) is 4.99. The van der Waals surface area contributed by atoms with Crippen LogP contribution in [0, 0.1) is 0 Å². The van der Waals surface area contributed by atoms with Crippen LogP contribution in [0.1, 0.15) is 24.2 Å². The van der Waals surface area contributed by atoms with Crippen LogP contribution in [0.2, 0.25) is 0 Å². The molecule has 146 valence electrons. The number of anilines is 2. The number of amides is 1. The quantitative estimate of drug-likeness (QED) is 0.649. The van der Waals surface area contributed by atoms with Gasteiger partial charge in [0, 0.05) is 55.5 Å². The fourth-order valence-corrected chi connectivity index (χ4v) is 3.65. The van der Waals surface area contributed by atoms with Crippen molar-refractivity contribution < 1.29 is 9.90 Å². The SMILES string of the molecule is CC(C)Nc1cccnc1N1CCN(C(=O)c2c[nH]c3ccc(O)cc23)CC1. The Morgan fingerprint density at radius 2 is 2.00 bits per heavy atom. The molecule has 7 heteroatoms. The molecule has 0 unspecified atom stereocenters. The Labute approximate surface area is 164 Å². The van der Waals surface area contributed by atoms with E-state index in [1.807, 2.05) is 17.0 Å². The number of nitrogens with zero attached hydrogens (tertiary/aromatic N) is 3. The van der Waals surface area contributed by atoms with Gasteiger partial charge in [0.15, 0.2) is 5.82 Å². The van der Waals surface area contributed by atoms with Gasteiger partial charge in [-0.1, -0.05) is 0 Å². The molecule has 1 amide bonds. The van der Waals surface area contributed by atoms with Crippen molar-refractivity contribution in [3.63, 3.8) is 0 Å². The van der Waals surface area contributed by atoms with E-state index in [0.717, 1.165) is 35.5 Å². The number of aromatic hydroxyl groups is 1. The van der Waals surface area contributed by atoms with Crippen molar-refractivity contribution in [1.82, 2.24) is 14.9 Å². The number of benzene rings is 1. The number of pyridine rings is 1. The minimum absolute atomic E-state index is 0.0157. The smallest absolute Gasteiger partial charge is 0.256 e. The average molecular weight is 379 g/mol. The largest absolute Gasteiger partial charge is 0.508 e. The van der Waals surface area contributed by atoms with E-state index < -0.39 is 0 Å². The summed E-state index contributed by atoms with van der Waals surface area (Å²) < 4.78 is 0. The van der Waals surface area contributed by atoms with E-state index in [0.29, 0.717) is 24.7 Å². The van der Waals surface area contributed by atoms with Crippen LogP contribution in [0.5, 0.6) is 5.75 Å². The first-order chi connectivity index (χ1) is 13.5. The molecule has 0 atom stereocenters. The van der Waals surface area contributed by atoms with Crippen LogP contribution in [0.15, 0.2) is 42.7 Å². The summed E-state index contributed by atoms with van der Waals surface area (Å²) in [6, 6.07) is 9.32. The summed E-state index contributed by atoms with van der Waals surface area (Å²) in [5, 5.41) is 13.9. The van der Waals surface area contributed by atoms with Crippen LogP contribution in [0.25, 0.3) is 10.9 Å². The van der Waals surface area contributed by atoms with Crippen LogP contribution in [0.3, 0.4) is 0 Å². The number of rotatable bonds is 4. The van der Waals surface area contributed by atoms with Gasteiger partial charge >= 0.3 is 0 Å². The van der Waals surface area contributed by atoms with E-state index in [4.69, 9.17) is 0 Å². The molecule has 1 aliphatic heterocycles. The second-order valence-electron chi connectivity index (χ2n) is 7.39. The molecule has 1 fully saturated rings. The third kappa shape index (κ3) is 3.47. The first-order valence-corrected chi connectivity index (χ1v) is 9.59. The minimum atomic E-state index is -0.0157. The number of aromatic nitrogens is 2. The van der Waals surface area contributed by atoms with Gasteiger partial charge in [0.05, 0.1) is 11.3 Å². The van der Waals surface area contributed by atoms with Crippen molar-refractivity contribution in [2.24, 2.45) is 0 Å². The first-order valence-electron chi connectivity index (χ1n) is 9.59. The van der Waals surface area contributed by atoms with Crippen LogP contribution >= 0.6 is 0 Å². The number of carbonyl (C=O) groups excluding carboxylic acids is 1. The van der Waals surface area contributed by atoms with Gasteiger partial charge in [0.25, 0.3) is 5.91 Å². The molecule has 28 heavy (non-hydrogen) atoms. The Kier molecular flexibility index (Phi) is 4.81. The second-order valence-corrected chi connectivity index (χ2v) is 7.39. The molecule has 0 aliphatic carbocycles. The van der Waals surface area contributed by atoms with E-state index >= 15 is 0 Å². The summed E-state index contributed by atoms with van der Waals surface area (Å²) in [6.07, 6.45) is 3.53. The van der Waals surface area contributed by atoms with Crippen molar-refractivity contribution in [2.75, 3.05) is 36.4 Å². The van der Waals surface area contributed by atoms with Gasteiger partial charge in [-0.15, -0.1) is 0 Å². The minimum Gasteiger partial charge on any atom is -0.508 e. The summed E-state index contributed by atoms with van der Waals surface area (Å²) in [7, 11) is 0. The Morgan fingerprint density at radius 1 is 1.21 bits per heavy atom. The monoisotopic (exact) mass is 379 g/mol.